The first kappa shape index (κ1) is 46.2. The molecule has 0 saturated carbocycles. The summed E-state index contributed by atoms with van der Waals surface area (Å²) in [6.45, 7) is 14.5. The third kappa shape index (κ3) is 11.4. The molecule has 12 heteroatoms. The van der Waals surface area contributed by atoms with Gasteiger partial charge in [-0.05, 0) is 119 Å². The summed E-state index contributed by atoms with van der Waals surface area (Å²) >= 11 is 0. The van der Waals surface area contributed by atoms with E-state index in [1.165, 1.54) is 0 Å². The second kappa shape index (κ2) is 19.8. The quantitative estimate of drug-likeness (QED) is 0.146. The molecule has 4 N–H and O–H groups in total. The number of hydrogen-bond acceptors (Lipinski definition) is 9. The molecule has 3 aliphatic heterocycles. The normalized spacial score (nSPS) is 21.5. The largest absolute Gasteiger partial charge is 0.444 e. The highest BCUT2D eigenvalue weighted by Gasteiger charge is 2.46. The summed E-state index contributed by atoms with van der Waals surface area (Å²) in [6, 6.07) is 22.9. The summed E-state index contributed by atoms with van der Waals surface area (Å²) in [5, 5.41) is 33.0. The average Bonchev–Trinajstić information content (AvgIpc) is 3.90. The third-order valence-corrected chi connectivity index (χ3v) is 12.4. The molecule has 3 saturated heterocycles. The van der Waals surface area contributed by atoms with Crippen molar-refractivity contribution in [2.75, 3.05) is 39.3 Å². The Balaban J connectivity index is 1.26. The topological polar surface area (TPSA) is 152 Å². The molecule has 61 heavy (non-hydrogen) atoms. The Morgan fingerprint density at radius 1 is 0.689 bits per heavy atom. The lowest BCUT2D eigenvalue weighted by Gasteiger charge is -2.39. The number of aliphatic hydroxyl groups is 3. The second-order valence-corrected chi connectivity index (χ2v) is 19.2. The number of nitrogens with zero attached hydrogens (tertiary/aromatic N) is 3. The molecular weight excluding hydrogens is 773 g/mol. The Labute approximate surface area is 362 Å². The van der Waals surface area contributed by atoms with Crippen LogP contribution in [0.1, 0.15) is 113 Å². The minimum absolute atomic E-state index is 0.0658. The van der Waals surface area contributed by atoms with E-state index in [1.807, 2.05) is 77.9 Å². The Morgan fingerprint density at radius 3 is 1.70 bits per heavy atom. The SMILES string of the molecule is CC(C)(C)OC(=O)N1CCC[C@H](CNC(=O)C2CCCN2C(=O)[C@@H]2C[C@@H](OC(C)(C)C)CN2CCC(c2ccc(CO)cc2)(c2ccc(CO)cc2)c2ccc(CO)cc2)C1. The van der Waals surface area contributed by atoms with Crippen LogP contribution in [0.3, 0.4) is 0 Å². The van der Waals surface area contributed by atoms with Gasteiger partial charge in [0.2, 0.25) is 11.8 Å². The van der Waals surface area contributed by atoms with Crippen LogP contribution < -0.4 is 5.32 Å². The van der Waals surface area contributed by atoms with E-state index >= 15 is 0 Å². The number of carbonyl (C=O) groups excluding carboxylic acids is 3. The van der Waals surface area contributed by atoms with Crippen molar-refractivity contribution in [3.63, 3.8) is 0 Å². The summed E-state index contributed by atoms with van der Waals surface area (Å²) < 4.78 is 12.2. The van der Waals surface area contributed by atoms with Crippen molar-refractivity contribution >= 4 is 17.9 Å². The standard InChI is InChI=1S/C49H68N4O8/c1-47(2,3)60-41-27-43(45(58)53-25-8-10-42(53)44(57)50-28-37-9-7-24-52(29-37)46(59)61-48(4,5)6)51(30-41)26-23-49(38-17-11-34(31-54)12-18-38,39-19-13-35(32-55)14-20-39)40-21-15-36(33-56)16-22-40/h11-22,37,41-43,54-56H,7-10,23-33H2,1-6H3,(H,50,57)/t37-,41-,42?,43+/m1/s1. The molecule has 12 nitrogen and oxygen atoms in total. The summed E-state index contributed by atoms with van der Waals surface area (Å²) in [4.78, 5) is 47.4. The molecule has 3 heterocycles. The molecule has 0 aliphatic carbocycles. The van der Waals surface area contributed by atoms with E-state index in [4.69, 9.17) is 9.47 Å². The number of likely N-dealkylation sites (tertiary alicyclic amines) is 3. The summed E-state index contributed by atoms with van der Waals surface area (Å²) in [7, 11) is 0. The number of amides is 3. The monoisotopic (exact) mass is 841 g/mol. The molecule has 0 bridgehead atoms. The van der Waals surface area contributed by atoms with E-state index < -0.39 is 28.7 Å². The smallest absolute Gasteiger partial charge is 0.410 e. The van der Waals surface area contributed by atoms with Crippen LogP contribution in [0, 0.1) is 5.92 Å². The van der Waals surface area contributed by atoms with Crippen LogP contribution in [0.5, 0.6) is 0 Å². The van der Waals surface area contributed by atoms with E-state index in [2.05, 4.69) is 46.6 Å². The molecule has 332 valence electrons. The minimum Gasteiger partial charge on any atom is -0.444 e. The molecule has 0 aromatic heterocycles. The maximum absolute atomic E-state index is 14.9. The zero-order valence-corrected chi connectivity index (χ0v) is 37.1. The van der Waals surface area contributed by atoms with Gasteiger partial charge >= 0.3 is 6.09 Å². The second-order valence-electron chi connectivity index (χ2n) is 19.2. The number of benzene rings is 3. The van der Waals surface area contributed by atoms with Crippen LogP contribution in [0.2, 0.25) is 0 Å². The number of ether oxygens (including phenoxy) is 2. The molecule has 0 radical (unpaired) electrons. The van der Waals surface area contributed by atoms with Gasteiger partial charge in [-0.15, -0.1) is 0 Å². The van der Waals surface area contributed by atoms with Crippen LogP contribution in [-0.4, -0.2) is 117 Å². The van der Waals surface area contributed by atoms with Crippen LogP contribution in [0.4, 0.5) is 4.79 Å². The fraction of sp³-hybridized carbons (Fsp3) is 0.571. The van der Waals surface area contributed by atoms with Crippen LogP contribution in [-0.2, 0) is 44.3 Å². The molecule has 3 aromatic carbocycles. The van der Waals surface area contributed by atoms with Gasteiger partial charge in [-0.3, -0.25) is 14.5 Å². The Morgan fingerprint density at radius 2 is 1.21 bits per heavy atom. The van der Waals surface area contributed by atoms with Gasteiger partial charge in [-0.25, -0.2) is 4.79 Å². The highest BCUT2D eigenvalue weighted by Crippen LogP contribution is 2.44. The molecule has 3 amide bonds. The number of piperidine rings is 1. The van der Waals surface area contributed by atoms with Gasteiger partial charge in [0, 0.05) is 44.7 Å². The summed E-state index contributed by atoms with van der Waals surface area (Å²) in [6.07, 6.45) is 3.58. The maximum Gasteiger partial charge on any atom is 0.410 e. The lowest BCUT2D eigenvalue weighted by Crippen LogP contribution is -2.53. The first-order valence-electron chi connectivity index (χ1n) is 22.1. The average molecular weight is 841 g/mol. The van der Waals surface area contributed by atoms with Crippen molar-refractivity contribution < 1.29 is 39.2 Å². The van der Waals surface area contributed by atoms with E-state index in [0.717, 1.165) is 52.6 Å². The van der Waals surface area contributed by atoms with Gasteiger partial charge in [0.1, 0.15) is 11.6 Å². The number of rotatable bonds is 14. The van der Waals surface area contributed by atoms with Crippen LogP contribution in [0.15, 0.2) is 72.8 Å². The summed E-state index contributed by atoms with van der Waals surface area (Å²) in [5.41, 5.74) is 3.67. The van der Waals surface area contributed by atoms with Gasteiger partial charge in [-0.2, -0.15) is 0 Å². The van der Waals surface area contributed by atoms with Crippen LogP contribution >= 0.6 is 0 Å². The maximum atomic E-state index is 14.9. The van der Waals surface area contributed by atoms with E-state index in [9.17, 15) is 29.7 Å². The molecule has 4 atom stereocenters. The molecule has 3 aliphatic rings. The van der Waals surface area contributed by atoms with Gasteiger partial charge in [0.05, 0.1) is 37.6 Å². The zero-order chi connectivity index (χ0) is 44.0. The fourth-order valence-electron chi connectivity index (χ4n) is 9.46. The molecule has 0 spiro atoms. The number of aliphatic hydroxyl groups excluding tert-OH is 3. The van der Waals surface area contributed by atoms with Gasteiger partial charge < -0.3 is 39.9 Å². The third-order valence-electron chi connectivity index (χ3n) is 12.4. The van der Waals surface area contributed by atoms with Crippen molar-refractivity contribution in [1.29, 1.82) is 0 Å². The van der Waals surface area contributed by atoms with E-state index in [1.54, 1.807) is 9.80 Å². The Bertz CT molecular complexity index is 1810. The van der Waals surface area contributed by atoms with E-state index in [0.29, 0.717) is 58.5 Å². The number of nitrogens with one attached hydrogen (secondary N) is 1. The number of hydrogen-bond donors (Lipinski definition) is 4. The van der Waals surface area contributed by atoms with Gasteiger partial charge in [-0.1, -0.05) is 72.8 Å². The number of carbonyl (C=O) groups is 3. The molecular formula is C49H68N4O8. The first-order chi connectivity index (χ1) is 29.0. The lowest BCUT2D eigenvalue weighted by molar-refractivity contribution is -0.142. The summed E-state index contributed by atoms with van der Waals surface area (Å²) in [5.74, 6) is -0.129. The molecule has 6 rings (SSSR count). The van der Waals surface area contributed by atoms with Crippen LogP contribution in [0.25, 0.3) is 0 Å². The lowest BCUT2D eigenvalue weighted by atomic mass is 9.67. The van der Waals surface area contributed by atoms with Gasteiger partial charge in [0.15, 0.2) is 0 Å². The molecule has 1 unspecified atom stereocenters. The van der Waals surface area contributed by atoms with E-state index in [-0.39, 0.29) is 49.8 Å². The Kier molecular flexibility index (Phi) is 15.0. The van der Waals surface area contributed by atoms with Crippen molar-refractivity contribution in [2.45, 2.75) is 135 Å². The Hall–Kier alpha value is -4.33. The van der Waals surface area contributed by atoms with Crippen molar-refractivity contribution in [1.82, 2.24) is 20.0 Å². The van der Waals surface area contributed by atoms with Crippen molar-refractivity contribution in [3.8, 4) is 0 Å². The predicted molar refractivity (Wildman–Crippen MR) is 234 cm³/mol. The van der Waals surface area contributed by atoms with Crippen molar-refractivity contribution in [3.05, 3.63) is 106 Å². The highest BCUT2D eigenvalue weighted by molar-refractivity contribution is 5.90. The minimum atomic E-state index is -0.721. The first-order valence-corrected chi connectivity index (χ1v) is 22.1. The fourth-order valence-corrected chi connectivity index (χ4v) is 9.46. The highest BCUT2D eigenvalue weighted by atomic mass is 16.6. The van der Waals surface area contributed by atoms with Gasteiger partial charge in [0.25, 0.3) is 0 Å². The van der Waals surface area contributed by atoms with Crippen molar-refractivity contribution in [2.24, 2.45) is 5.92 Å². The zero-order valence-electron chi connectivity index (χ0n) is 37.1. The molecule has 3 aromatic rings. The molecule has 3 fully saturated rings. The predicted octanol–water partition coefficient (Wildman–Crippen LogP) is 5.90.